The van der Waals surface area contributed by atoms with Crippen LogP contribution in [0, 0.1) is 0 Å². The molecule has 16 heavy (non-hydrogen) atoms. The quantitative estimate of drug-likeness (QED) is 0.754. The topological polar surface area (TPSA) is 29.5 Å². The first kappa shape index (κ1) is 13.5. The number of hydrogen-bond acceptors (Lipinski definition) is 3. The second-order valence-electron chi connectivity index (χ2n) is 3.43. The Morgan fingerprint density at radius 1 is 1.44 bits per heavy atom. The molecular weight excluding hydrogens is 234 g/mol. The summed E-state index contributed by atoms with van der Waals surface area (Å²) in [6.07, 6.45) is -1.75. The van der Waals surface area contributed by atoms with E-state index in [1.165, 1.54) is 4.88 Å². The minimum absolute atomic E-state index is 0.158. The zero-order chi connectivity index (χ0) is 12.0. The molecule has 0 aromatic carbocycles. The fourth-order valence-electron chi connectivity index (χ4n) is 1.27. The number of alkyl halides is 2. The largest absolute Gasteiger partial charge is 0.387 e. The van der Waals surface area contributed by atoms with E-state index < -0.39 is 19.1 Å². The van der Waals surface area contributed by atoms with Gasteiger partial charge in [-0.1, -0.05) is 6.92 Å². The van der Waals surface area contributed by atoms with Crippen LogP contribution in [-0.4, -0.2) is 24.7 Å². The molecule has 0 saturated heterocycles. The normalized spacial score (nSPS) is 13.3. The molecule has 0 radical (unpaired) electrons. The summed E-state index contributed by atoms with van der Waals surface area (Å²) < 4.78 is 28.2. The van der Waals surface area contributed by atoms with E-state index in [-0.39, 0.29) is 6.61 Å². The van der Waals surface area contributed by atoms with Crippen molar-refractivity contribution in [2.24, 2.45) is 0 Å². The number of ether oxygens (including phenoxy) is 1. The fourth-order valence-corrected chi connectivity index (χ4v) is 2.25. The van der Waals surface area contributed by atoms with Crippen molar-refractivity contribution in [3.05, 3.63) is 21.9 Å². The molecule has 0 saturated carbocycles. The number of halogens is 2. The number of rotatable bonds is 7. The van der Waals surface area contributed by atoms with Crippen molar-refractivity contribution in [3.63, 3.8) is 0 Å². The van der Waals surface area contributed by atoms with Crippen molar-refractivity contribution in [1.82, 2.24) is 0 Å². The van der Waals surface area contributed by atoms with Gasteiger partial charge in [-0.2, -0.15) is 0 Å². The maximum Gasteiger partial charge on any atom is 0.261 e. The first-order valence-electron chi connectivity index (χ1n) is 5.26. The summed E-state index contributed by atoms with van der Waals surface area (Å²) in [6, 6.07) is 3.85. The van der Waals surface area contributed by atoms with E-state index in [2.05, 4.69) is 0 Å². The summed E-state index contributed by atoms with van der Waals surface area (Å²) in [6.45, 7) is 1.65. The highest BCUT2D eigenvalue weighted by Crippen LogP contribution is 2.25. The fraction of sp³-hybridized carbons (Fsp3) is 0.636. The predicted molar refractivity (Wildman–Crippen MR) is 60.1 cm³/mol. The number of aliphatic hydroxyl groups is 1. The van der Waals surface area contributed by atoms with Crippen LogP contribution < -0.4 is 0 Å². The van der Waals surface area contributed by atoms with E-state index >= 15 is 0 Å². The summed E-state index contributed by atoms with van der Waals surface area (Å²) in [4.78, 5) is 2.08. The Kier molecular flexibility index (Phi) is 5.87. The summed E-state index contributed by atoms with van der Waals surface area (Å²) in [7, 11) is 0. The number of thiophene rings is 1. The molecule has 1 rings (SSSR count). The predicted octanol–water partition coefficient (Wildman–Crippen LogP) is 3.02. The Morgan fingerprint density at radius 3 is 2.75 bits per heavy atom. The van der Waals surface area contributed by atoms with Gasteiger partial charge in [0.15, 0.2) is 0 Å². The van der Waals surface area contributed by atoms with Crippen LogP contribution >= 0.6 is 11.3 Å². The molecule has 92 valence electrons. The molecule has 5 heteroatoms. The van der Waals surface area contributed by atoms with Crippen LogP contribution in [0.4, 0.5) is 8.78 Å². The van der Waals surface area contributed by atoms with E-state index in [1.807, 2.05) is 19.1 Å². The van der Waals surface area contributed by atoms with Gasteiger partial charge < -0.3 is 9.84 Å². The van der Waals surface area contributed by atoms with Crippen LogP contribution in [0.1, 0.15) is 29.2 Å². The van der Waals surface area contributed by atoms with Gasteiger partial charge in [0.2, 0.25) is 0 Å². The molecular formula is C11H16F2O2S. The van der Waals surface area contributed by atoms with Crippen molar-refractivity contribution in [1.29, 1.82) is 0 Å². The molecule has 0 aliphatic rings. The van der Waals surface area contributed by atoms with Gasteiger partial charge in [0, 0.05) is 22.8 Å². The average molecular weight is 250 g/mol. The summed E-state index contributed by atoms with van der Waals surface area (Å²) in [5.74, 6) is 0. The molecule has 2 nitrogen and oxygen atoms in total. The molecule has 0 amide bonds. The third kappa shape index (κ3) is 4.55. The van der Waals surface area contributed by atoms with E-state index in [9.17, 15) is 13.9 Å². The van der Waals surface area contributed by atoms with Crippen LogP contribution in [0.15, 0.2) is 12.1 Å². The molecule has 1 aromatic rings. The third-order valence-electron chi connectivity index (χ3n) is 2.14. The minimum atomic E-state index is -2.44. The highest BCUT2D eigenvalue weighted by atomic mass is 32.1. The number of aliphatic hydroxyl groups excluding tert-OH is 1. The van der Waals surface area contributed by atoms with E-state index in [0.717, 1.165) is 11.3 Å². The van der Waals surface area contributed by atoms with Gasteiger partial charge in [-0.05, 0) is 18.6 Å². The Labute approximate surface area is 97.9 Å². The van der Waals surface area contributed by atoms with Crippen LogP contribution in [0.2, 0.25) is 0 Å². The first-order valence-corrected chi connectivity index (χ1v) is 6.07. The first-order chi connectivity index (χ1) is 7.63. The zero-order valence-corrected chi connectivity index (χ0v) is 9.97. The lowest BCUT2D eigenvalue weighted by Gasteiger charge is -2.08. The second-order valence-corrected chi connectivity index (χ2v) is 4.63. The second kappa shape index (κ2) is 6.93. The van der Waals surface area contributed by atoms with Crippen LogP contribution in [0.3, 0.4) is 0 Å². The number of hydrogen-bond donors (Lipinski definition) is 1. The van der Waals surface area contributed by atoms with Gasteiger partial charge in [0.25, 0.3) is 6.43 Å². The van der Waals surface area contributed by atoms with Gasteiger partial charge >= 0.3 is 0 Å². The zero-order valence-electron chi connectivity index (χ0n) is 9.16. The van der Waals surface area contributed by atoms with Crippen LogP contribution in [0.5, 0.6) is 0 Å². The van der Waals surface area contributed by atoms with Gasteiger partial charge in [-0.3, -0.25) is 0 Å². The van der Waals surface area contributed by atoms with Crippen molar-refractivity contribution >= 4 is 11.3 Å². The molecule has 0 aliphatic carbocycles. The smallest absolute Gasteiger partial charge is 0.261 e. The third-order valence-corrected chi connectivity index (χ3v) is 3.47. The maximum absolute atomic E-state index is 11.7. The molecule has 0 spiro atoms. The van der Waals surface area contributed by atoms with Crippen molar-refractivity contribution in [2.75, 3.05) is 13.2 Å². The summed E-state index contributed by atoms with van der Waals surface area (Å²) in [5, 5.41) is 9.74. The van der Waals surface area contributed by atoms with E-state index in [1.54, 1.807) is 11.3 Å². The van der Waals surface area contributed by atoms with Crippen molar-refractivity contribution in [3.8, 4) is 0 Å². The van der Waals surface area contributed by atoms with E-state index in [0.29, 0.717) is 6.42 Å². The SMILES string of the molecule is CCc1ccc(C(O)CCOCC(F)F)s1. The van der Waals surface area contributed by atoms with Crippen molar-refractivity contribution in [2.45, 2.75) is 32.3 Å². The van der Waals surface area contributed by atoms with Gasteiger partial charge in [0.1, 0.15) is 6.61 Å². The Morgan fingerprint density at radius 2 is 2.19 bits per heavy atom. The molecule has 1 heterocycles. The lowest BCUT2D eigenvalue weighted by atomic mass is 10.2. The Bertz CT molecular complexity index is 302. The highest BCUT2D eigenvalue weighted by Gasteiger charge is 2.10. The molecule has 0 bridgehead atoms. The Hall–Kier alpha value is -0.520. The highest BCUT2D eigenvalue weighted by molar-refractivity contribution is 7.12. The van der Waals surface area contributed by atoms with Crippen LogP contribution in [0.25, 0.3) is 0 Å². The summed E-state index contributed by atoms with van der Waals surface area (Å²) >= 11 is 1.55. The molecule has 1 aromatic heterocycles. The minimum Gasteiger partial charge on any atom is -0.387 e. The molecule has 1 N–H and O–H groups in total. The molecule has 0 aliphatic heterocycles. The maximum atomic E-state index is 11.7. The lowest BCUT2D eigenvalue weighted by Crippen LogP contribution is -2.08. The van der Waals surface area contributed by atoms with Crippen molar-refractivity contribution < 1.29 is 18.6 Å². The molecule has 1 unspecified atom stereocenters. The standard InChI is InChI=1S/C11H16F2O2S/c1-2-8-3-4-10(16-8)9(14)5-6-15-7-11(12)13/h3-4,9,11,14H,2,5-7H2,1H3. The summed E-state index contributed by atoms with van der Waals surface area (Å²) in [5.41, 5.74) is 0. The molecule has 1 atom stereocenters. The van der Waals surface area contributed by atoms with Gasteiger partial charge in [0.05, 0.1) is 6.10 Å². The van der Waals surface area contributed by atoms with E-state index in [4.69, 9.17) is 4.74 Å². The monoisotopic (exact) mass is 250 g/mol. The van der Waals surface area contributed by atoms with Crippen LogP contribution in [-0.2, 0) is 11.2 Å². The molecule has 0 fully saturated rings. The number of aryl methyl sites for hydroxylation is 1. The average Bonchev–Trinajstić information content (AvgIpc) is 2.72. The van der Waals surface area contributed by atoms with Gasteiger partial charge in [-0.25, -0.2) is 8.78 Å². The lowest BCUT2D eigenvalue weighted by molar-refractivity contribution is 0.00515. The Balaban J connectivity index is 2.26. The van der Waals surface area contributed by atoms with Gasteiger partial charge in [-0.15, -0.1) is 11.3 Å².